The van der Waals surface area contributed by atoms with Crippen molar-refractivity contribution < 1.29 is 9.53 Å². The maximum absolute atomic E-state index is 10.7. The maximum Gasteiger partial charge on any atom is 0.309 e. The zero-order chi connectivity index (χ0) is 9.84. The van der Waals surface area contributed by atoms with E-state index in [-0.39, 0.29) is 5.97 Å². The second-order valence-electron chi connectivity index (χ2n) is 2.92. The second kappa shape index (κ2) is 4.03. The van der Waals surface area contributed by atoms with Crippen molar-refractivity contribution in [1.82, 2.24) is 4.98 Å². The first-order chi connectivity index (χ1) is 6.13. The molecule has 0 aromatic carbocycles. The standard InChI is InChI=1S/C10H13NO2/c1-4-9-5-7(2)6-11-10(9)13-8(3)12/h5-6H,4H2,1-3H3. The van der Waals surface area contributed by atoms with Gasteiger partial charge in [0.1, 0.15) is 0 Å². The number of rotatable bonds is 2. The Morgan fingerprint density at radius 3 is 2.85 bits per heavy atom. The first kappa shape index (κ1) is 9.71. The lowest BCUT2D eigenvalue weighted by atomic mass is 10.2. The van der Waals surface area contributed by atoms with E-state index in [4.69, 9.17) is 4.74 Å². The third-order valence-electron chi connectivity index (χ3n) is 1.68. The zero-order valence-corrected chi connectivity index (χ0v) is 8.13. The second-order valence-corrected chi connectivity index (χ2v) is 2.92. The highest BCUT2D eigenvalue weighted by Gasteiger charge is 2.05. The molecule has 0 radical (unpaired) electrons. The predicted octanol–water partition coefficient (Wildman–Crippen LogP) is 1.88. The molecule has 0 saturated heterocycles. The van der Waals surface area contributed by atoms with Crippen molar-refractivity contribution in [3.05, 3.63) is 23.4 Å². The van der Waals surface area contributed by atoms with Crippen LogP contribution in [0.15, 0.2) is 12.3 Å². The molecular weight excluding hydrogens is 166 g/mol. The molecule has 3 nitrogen and oxygen atoms in total. The van der Waals surface area contributed by atoms with Crippen molar-refractivity contribution in [2.45, 2.75) is 27.2 Å². The summed E-state index contributed by atoms with van der Waals surface area (Å²) in [5.41, 5.74) is 2.04. The highest BCUT2D eigenvalue weighted by atomic mass is 16.5. The lowest BCUT2D eigenvalue weighted by Gasteiger charge is -2.05. The number of esters is 1. The topological polar surface area (TPSA) is 39.2 Å². The Hall–Kier alpha value is -1.38. The molecule has 0 saturated carbocycles. The number of pyridine rings is 1. The summed E-state index contributed by atoms with van der Waals surface area (Å²) in [4.78, 5) is 14.8. The fourth-order valence-corrected chi connectivity index (χ4v) is 1.10. The summed E-state index contributed by atoms with van der Waals surface area (Å²) >= 11 is 0. The average molecular weight is 179 g/mol. The highest BCUT2D eigenvalue weighted by molar-refractivity contribution is 5.69. The van der Waals surface area contributed by atoms with Crippen molar-refractivity contribution in [2.24, 2.45) is 0 Å². The third kappa shape index (κ3) is 2.54. The van der Waals surface area contributed by atoms with Gasteiger partial charge in [0.15, 0.2) is 0 Å². The minimum atomic E-state index is -0.328. The Bertz CT molecular complexity index is 321. The van der Waals surface area contributed by atoms with E-state index in [2.05, 4.69) is 4.98 Å². The van der Waals surface area contributed by atoms with Crippen molar-refractivity contribution >= 4 is 5.97 Å². The average Bonchev–Trinajstić information content (AvgIpc) is 2.07. The number of carbonyl (C=O) groups is 1. The van der Waals surface area contributed by atoms with Crippen LogP contribution in [0.5, 0.6) is 5.88 Å². The predicted molar refractivity (Wildman–Crippen MR) is 49.7 cm³/mol. The Balaban J connectivity index is 2.99. The molecular formula is C10H13NO2. The van der Waals surface area contributed by atoms with Crippen LogP contribution >= 0.6 is 0 Å². The molecule has 1 rings (SSSR count). The number of carbonyl (C=O) groups excluding carboxylic acids is 1. The molecule has 0 spiro atoms. The SMILES string of the molecule is CCc1cc(C)cnc1OC(C)=O. The molecule has 0 fully saturated rings. The zero-order valence-electron chi connectivity index (χ0n) is 8.13. The van der Waals surface area contributed by atoms with Crippen LogP contribution in [0, 0.1) is 6.92 Å². The van der Waals surface area contributed by atoms with Gasteiger partial charge in [-0.25, -0.2) is 4.98 Å². The van der Waals surface area contributed by atoms with Gasteiger partial charge in [0.25, 0.3) is 0 Å². The lowest BCUT2D eigenvalue weighted by molar-refractivity contribution is -0.132. The van der Waals surface area contributed by atoms with E-state index >= 15 is 0 Å². The molecule has 0 amide bonds. The summed E-state index contributed by atoms with van der Waals surface area (Å²) in [6, 6.07) is 1.98. The number of aromatic nitrogens is 1. The maximum atomic E-state index is 10.7. The van der Waals surface area contributed by atoms with Gasteiger partial charge in [0.05, 0.1) is 0 Å². The first-order valence-electron chi connectivity index (χ1n) is 4.27. The Morgan fingerprint density at radius 1 is 1.62 bits per heavy atom. The van der Waals surface area contributed by atoms with Gasteiger partial charge in [-0.15, -0.1) is 0 Å². The van der Waals surface area contributed by atoms with E-state index in [9.17, 15) is 4.79 Å². The molecule has 0 N–H and O–H groups in total. The molecule has 0 atom stereocenters. The van der Waals surface area contributed by atoms with E-state index < -0.39 is 0 Å². The van der Waals surface area contributed by atoms with E-state index in [1.54, 1.807) is 6.20 Å². The van der Waals surface area contributed by atoms with Gasteiger partial charge >= 0.3 is 5.97 Å². The van der Waals surface area contributed by atoms with Crippen LogP contribution in [0.25, 0.3) is 0 Å². The minimum absolute atomic E-state index is 0.328. The van der Waals surface area contributed by atoms with Crippen LogP contribution in [0.4, 0.5) is 0 Å². The smallest absolute Gasteiger partial charge is 0.309 e. The van der Waals surface area contributed by atoms with E-state index in [1.165, 1.54) is 6.92 Å². The molecule has 70 valence electrons. The number of hydrogen-bond acceptors (Lipinski definition) is 3. The van der Waals surface area contributed by atoms with Crippen LogP contribution in [0.1, 0.15) is 25.0 Å². The van der Waals surface area contributed by atoms with Crippen LogP contribution in [-0.4, -0.2) is 11.0 Å². The Labute approximate surface area is 77.8 Å². The van der Waals surface area contributed by atoms with Crippen molar-refractivity contribution in [1.29, 1.82) is 0 Å². The molecule has 0 bridgehead atoms. The number of nitrogens with zero attached hydrogens (tertiary/aromatic N) is 1. The number of aryl methyl sites for hydroxylation is 2. The van der Waals surface area contributed by atoms with E-state index in [0.717, 1.165) is 17.5 Å². The number of hydrogen-bond donors (Lipinski definition) is 0. The summed E-state index contributed by atoms with van der Waals surface area (Å²) in [5, 5.41) is 0. The quantitative estimate of drug-likeness (QED) is 0.651. The molecule has 3 heteroatoms. The molecule has 1 heterocycles. The van der Waals surface area contributed by atoms with Crippen LogP contribution in [0.2, 0.25) is 0 Å². The Kier molecular flexibility index (Phi) is 3.01. The third-order valence-corrected chi connectivity index (χ3v) is 1.68. The van der Waals surface area contributed by atoms with E-state index in [1.807, 2.05) is 19.9 Å². The van der Waals surface area contributed by atoms with Gasteiger partial charge in [-0.2, -0.15) is 0 Å². The van der Waals surface area contributed by atoms with Gasteiger partial charge in [-0.05, 0) is 25.0 Å². The molecule has 0 aliphatic rings. The van der Waals surface area contributed by atoms with Crippen molar-refractivity contribution in [3.8, 4) is 5.88 Å². The van der Waals surface area contributed by atoms with Gasteiger partial charge in [0, 0.05) is 18.7 Å². The lowest BCUT2D eigenvalue weighted by Crippen LogP contribution is -2.05. The number of ether oxygens (including phenoxy) is 1. The van der Waals surface area contributed by atoms with E-state index in [0.29, 0.717) is 5.88 Å². The van der Waals surface area contributed by atoms with Crippen LogP contribution in [0.3, 0.4) is 0 Å². The largest absolute Gasteiger partial charge is 0.407 e. The van der Waals surface area contributed by atoms with Gasteiger partial charge < -0.3 is 4.74 Å². The fourth-order valence-electron chi connectivity index (χ4n) is 1.10. The van der Waals surface area contributed by atoms with Gasteiger partial charge in [0.2, 0.25) is 5.88 Å². The fraction of sp³-hybridized carbons (Fsp3) is 0.400. The van der Waals surface area contributed by atoms with Crippen molar-refractivity contribution in [3.63, 3.8) is 0 Å². The molecule has 1 aromatic rings. The Morgan fingerprint density at radius 2 is 2.31 bits per heavy atom. The summed E-state index contributed by atoms with van der Waals surface area (Å²) < 4.78 is 4.94. The summed E-state index contributed by atoms with van der Waals surface area (Å²) in [6.07, 6.45) is 2.51. The highest BCUT2D eigenvalue weighted by Crippen LogP contribution is 2.16. The molecule has 0 unspecified atom stereocenters. The summed E-state index contributed by atoms with van der Waals surface area (Å²) in [7, 11) is 0. The normalized spacial score (nSPS) is 9.77. The van der Waals surface area contributed by atoms with Crippen molar-refractivity contribution in [2.75, 3.05) is 0 Å². The molecule has 0 aliphatic carbocycles. The van der Waals surface area contributed by atoms with Gasteiger partial charge in [-0.1, -0.05) is 6.92 Å². The molecule has 1 aromatic heterocycles. The molecule has 0 aliphatic heterocycles. The summed E-state index contributed by atoms with van der Waals surface area (Å²) in [6.45, 7) is 5.34. The van der Waals surface area contributed by atoms with Crippen LogP contribution < -0.4 is 4.74 Å². The monoisotopic (exact) mass is 179 g/mol. The van der Waals surface area contributed by atoms with Crippen LogP contribution in [-0.2, 0) is 11.2 Å². The molecule has 13 heavy (non-hydrogen) atoms. The van der Waals surface area contributed by atoms with Gasteiger partial charge in [-0.3, -0.25) is 4.79 Å². The minimum Gasteiger partial charge on any atom is -0.407 e. The first-order valence-corrected chi connectivity index (χ1v) is 4.27. The summed E-state index contributed by atoms with van der Waals surface area (Å²) in [5.74, 6) is 0.103.